The molecule has 2 aromatic carbocycles. The van der Waals surface area contributed by atoms with E-state index in [0.29, 0.717) is 11.5 Å². The normalized spacial score (nSPS) is 14.8. The highest BCUT2D eigenvalue weighted by Crippen LogP contribution is 2.38. The van der Waals surface area contributed by atoms with Crippen LogP contribution in [0.1, 0.15) is 46.7 Å². The van der Waals surface area contributed by atoms with E-state index in [1.807, 2.05) is 12.1 Å². The maximum absolute atomic E-state index is 14.0. The molecule has 0 aromatic heterocycles. The number of hydrogen-bond donors (Lipinski definition) is 0. The zero-order valence-corrected chi connectivity index (χ0v) is 12.8. The predicted molar refractivity (Wildman–Crippen MR) is 80.5 cm³/mol. The minimum absolute atomic E-state index is 0.279. The first-order valence-electron chi connectivity index (χ1n) is 6.86. The van der Waals surface area contributed by atoms with E-state index in [0.717, 1.165) is 37.0 Å². The van der Waals surface area contributed by atoms with Gasteiger partial charge in [0.25, 0.3) is 0 Å². The van der Waals surface area contributed by atoms with Gasteiger partial charge in [-0.3, -0.25) is 4.79 Å². The Labute approximate surface area is 130 Å². The number of carbonyl (C=O) groups excluding carboxylic acids is 1. The molecule has 0 spiro atoms. The minimum atomic E-state index is -0.838. The zero-order valence-electron chi connectivity index (χ0n) is 11.2. The van der Waals surface area contributed by atoms with Gasteiger partial charge < -0.3 is 0 Å². The summed E-state index contributed by atoms with van der Waals surface area (Å²) >= 11 is 3.02. The van der Waals surface area contributed by atoms with Crippen LogP contribution in [-0.4, -0.2) is 5.78 Å². The number of rotatable bonds is 3. The summed E-state index contributed by atoms with van der Waals surface area (Å²) in [5.41, 5.74) is 0.822. The fraction of sp³-hybridized carbons (Fsp3) is 0.235. The van der Waals surface area contributed by atoms with Crippen molar-refractivity contribution in [2.24, 2.45) is 0 Å². The molecule has 4 heteroatoms. The molecule has 0 unspecified atom stereocenters. The monoisotopic (exact) mass is 350 g/mol. The van der Waals surface area contributed by atoms with Gasteiger partial charge in [-0.25, -0.2) is 8.78 Å². The van der Waals surface area contributed by atoms with Crippen LogP contribution in [0.15, 0.2) is 40.9 Å². The molecular weight excluding hydrogens is 338 g/mol. The van der Waals surface area contributed by atoms with Crippen molar-refractivity contribution in [1.82, 2.24) is 0 Å². The Balaban J connectivity index is 2.07. The summed E-state index contributed by atoms with van der Waals surface area (Å²) in [5, 5.41) is 0. The average molecular weight is 351 g/mol. The van der Waals surface area contributed by atoms with Gasteiger partial charge in [0.1, 0.15) is 11.6 Å². The van der Waals surface area contributed by atoms with Gasteiger partial charge in [-0.1, -0.05) is 46.6 Å². The van der Waals surface area contributed by atoms with E-state index in [1.165, 1.54) is 0 Å². The summed E-state index contributed by atoms with van der Waals surface area (Å²) in [6.45, 7) is 0. The first kappa shape index (κ1) is 14.4. The van der Waals surface area contributed by atoms with Crippen molar-refractivity contribution in [2.45, 2.75) is 25.2 Å². The average Bonchev–Trinajstić information content (AvgIpc) is 2.36. The van der Waals surface area contributed by atoms with Crippen molar-refractivity contribution in [3.63, 3.8) is 0 Å². The third-order valence-electron chi connectivity index (χ3n) is 3.98. The molecule has 2 aromatic rings. The third kappa shape index (κ3) is 2.64. The molecule has 0 amide bonds. The van der Waals surface area contributed by atoms with Gasteiger partial charge in [-0.2, -0.15) is 0 Å². The van der Waals surface area contributed by atoms with Crippen LogP contribution in [0.2, 0.25) is 0 Å². The Kier molecular flexibility index (Phi) is 3.89. The first-order valence-corrected chi connectivity index (χ1v) is 7.65. The summed E-state index contributed by atoms with van der Waals surface area (Å²) in [5.74, 6) is -1.93. The van der Waals surface area contributed by atoms with Gasteiger partial charge in [0.05, 0.1) is 5.56 Å². The molecule has 0 bridgehead atoms. The number of halogens is 3. The standard InChI is InChI=1S/C17H13BrF2O/c18-11-8-14(19)16(15(20)9-11)17(21)13-7-2-1-6-12(13)10-4-3-5-10/h1-2,6-10H,3-5H2. The van der Waals surface area contributed by atoms with Gasteiger partial charge in [0.2, 0.25) is 0 Å². The summed E-state index contributed by atoms with van der Waals surface area (Å²) in [7, 11) is 0. The van der Waals surface area contributed by atoms with E-state index in [-0.39, 0.29) is 4.47 Å². The van der Waals surface area contributed by atoms with E-state index in [1.54, 1.807) is 12.1 Å². The lowest BCUT2D eigenvalue weighted by Gasteiger charge is -2.27. The molecule has 1 fully saturated rings. The number of ketones is 1. The van der Waals surface area contributed by atoms with Crippen molar-refractivity contribution in [3.8, 4) is 0 Å². The van der Waals surface area contributed by atoms with E-state index in [2.05, 4.69) is 15.9 Å². The van der Waals surface area contributed by atoms with Crippen LogP contribution in [0.4, 0.5) is 8.78 Å². The topological polar surface area (TPSA) is 17.1 Å². The number of carbonyl (C=O) groups is 1. The molecule has 1 nitrogen and oxygen atoms in total. The largest absolute Gasteiger partial charge is 0.288 e. The molecule has 0 heterocycles. The van der Waals surface area contributed by atoms with Crippen LogP contribution < -0.4 is 0 Å². The van der Waals surface area contributed by atoms with Crippen LogP contribution in [0.3, 0.4) is 0 Å². The van der Waals surface area contributed by atoms with Gasteiger partial charge in [0, 0.05) is 10.0 Å². The Morgan fingerprint density at radius 1 is 1.10 bits per heavy atom. The predicted octanol–water partition coefficient (Wildman–Crippen LogP) is 5.23. The molecular formula is C17H13BrF2O. The Morgan fingerprint density at radius 3 is 2.29 bits per heavy atom. The van der Waals surface area contributed by atoms with E-state index >= 15 is 0 Å². The maximum atomic E-state index is 14.0. The summed E-state index contributed by atoms with van der Waals surface area (Å²) in [6, 6.07) is 9.34. The highest BCUT2D eigenvalue weighted by molar-refractivity contribution is 9.10. The highest BCUT2D eigenvalue weighted by Gasteiger charge is 2.27. The van der Waals surface area contributed by atoms with E-state index in [9.17, 15) is 13.6 Å². The summed E-state index contributed by atoms with van der Waals surface area (Å²) < 4.78 is 28.2. The fourth-order valence-electron chi connectivity index (χ4n) is 2.67. The van der Waals surface area contributed by atoms with Gasteiger partial charge in [0.15, 0.2) is 5.78 Å². The molecule has 108 valence electrons. The second-order valence-corrected chi connectivity index (χ2v) is 6.20. The zero-order chi connectivity index (χ0) is 15.0. The Hall–Kier alpha value is -1.55. The van der Waals surface area contributed by atoms with Crippen LogP contribution in [0.25, 0.3) is 0 Å². The molecule has 0 radical (unpaired) electrons. The molecule has 0 atom stereocenters. The lowest BCUT2D eigenvalue weighted by Crippen LogP contribution is -2.16. The molecule has 1 saturated carbocycles. The lowest BCUT2D eigenvalue weighted by molar-refractivity contribution is 0.102. The molecule has 0 aliphatic heterocycles. The molecule has 1 aliphatic rings. The Morgan fingerprint density at radius 2 is 1.71 bits per heavy atom. The lowest BCUT2D eigenvalue weighted by atomic mass is 9.77. The number of hydrogen-bond acceptors (Lipinski definition) is 1. The molecule has 1 aliphatic carbocycles. The van der Waals surface area contributed by atoms with E-state index < -0.39 is 23.0 Å². The van der Waals surface area contributed by atoms with E-state index in [4.69, 9.17) is 0 Å². The molecule has 21 heavy (non-hydrogen) atoms. The third-order valence-corrected chi connectivity index (χ3v) is 4.44. The van der Waals surface area contributed by atoms with Crippen LogP contribution >= 0.6 is 15.9 Å². The molecule has 3 rings (SSSR count). The maximum Gasteiger partial charge on any atom is 0.199 e. The summed E-state index contributed by atoms with van der Waals surface area (Å²) in [4.78, 5) is 12.6. The summed E-state index contributed by atoms with van der Waals surface area (Å²) in [6.07, 6.45) is 3.18. The highest BCUT2D eigenvalue weighted by atomic mass is 79.9. The molecule has 0 saturated heterocycles. The van der Waals surface area contributed by atoms with Crippen molar-refractivity contribution < 1.29 is 13.6 Å². The van der Waals surface area contributed by atoms with Gasteiger partial charge in [-0.15, -0.1) is 0 Å². The van der Waals surface area contributed by atoms with Gasteiger partial charge >= 0.3 is 0 Å². The van der Waals surface area contributed by atoms with Crippen LogP contribution in [0, 0.1) is 11.6 Å². The first-order chi connectivity index (χ1) is 10.1. The fourth-order valence-corrected chi connectivity index (χ4v) is 3.07. The van der Waals surface area contributed by atoms with Crippen molar-refractivity contribution >= 4 is 21.7 Å². The van der Waals surface area contributed by atoms with Crippen molar-refractivity contribution in [1.29, 1.82) is 0 Å². The van der Waals surface area contributed by atoms with Crippen molar-refractivity contribution in [2.75, 3.05) is 0 Å². The van der Waals surface area contributed by atoms with Crippen LogP contribution in [0.5, 0.6) is 0 Å². The second kappa shape index (κ2) is 5.68. The SMILES string of the molecule is O=C(c1ccccc1C1CCC1)c1c(F)cc(Br)cc1F. The van der Waals surface area contributed by atoms with Crippen LogP contribution in [-0.2, 0) is 0 Å². The minimum Gasteiger partial charge on any atom is -0.288 e. The quantitative estimate of drug-likeness (QED) is 0.693. The smallest absolute Gasteiger partial charge is 0.199 e. The number of benzene rings is 2. The van der Waals surface area contributed by atoms with Crippen molar-refractivity contribution in [3.05, 3.63) is 69.2 Å². The Bertz CT molecular complexity index is 685. The molecule has 0 N–H and O–H groups in total. The van der Waals surface area contributed by atoms with Gasteiger partial charge in [-0.05, 0) is 36.5 Å². The second-order valence-electron chi connectivity index (χ2n) is 5.29.